The molecule has 102 valence electrons. The highest BCUT2D eigenvalue weighted by Gasteiger charge is 2.39. The zero-order valence-electron chi connectivity index (χ0n) is 10.9. The van der Waals surface area contributed by atoms with Gasteiger partial charge in [-0.3, -0.25) is 9.78 Å². The average molecular weight is 289 g/mol. The molecule has 0 fully saturated rings. The molecule has 2 unspecified atom stereocenters. The first-order valence-corrected chi connectivity index (χ1v) is 6.68. The molecule has 0 bridgehead atoms. The monoisotopic (exact) mass is 288 g/mol. The van der Waals surface area contributed by atoms with E-state index in [1.807, 2.05) is 6.07 Å². The van der Waals surface area contributed by atoms with Crippen LogP contribution in [0, 0.1) is 5.21 Å². The molecular formula is C15H13ClN2O2. The van der Waals surface area contributed by atoms with E-state index in [9.17, 15) is 10.0 Å². The first-order valence-electron chi connectivity index (χ1n) is 6.31. The number of hydrogen-bond acceptors (Lipinski definition) is 3. The zero-order valence-corrected chi connectivity index (χ0v) is 11.7. The van der Waals surface area contributed by atoms with E-state index in [1.165, 1.54) is 0 Å². The Bertz CT molecular complexity index is 671. The van der Waals surface area contributed by atoms with Crippen molar-refractivity contribution in [2.45, 2.75) is 5.92 Å². The molecule has 0 N–H and O–H groups in total. The maximum atomic E-state index is 12.7. The third kappa shape index (κ3) is 2.12. The van der Waals surface area contributed by atoms with Crippen molar-refractivity contribution in [1.29, 1.82) is 0 Å². The number of hydrogen-bond donors (Lipinski definition) is 0. The lowest BCUT2D eigenvalue weighted by Crippen LogP contribution is -2.48. The fraction of sp³-hybridized carbons (Fsp3) is 0.200. The van der Waals surface area contributed by atoms with Gasteiger partial charge < -0.3 is 9.85 Å². The number of rotatable bonds is 1. The minimum absolute atomic E-state index is 0.0901. The van der Waals surface area contributed by atoms with Crippen molar-refractivity contribution in [2.75, 3.05) is 13.6 Å². The Hall–Kier alpha value is -1.75. The van der Waals surface area contributed by atoms with Gasteiger partial charge >= 0.3 is 0 Å². The van der Waals surface area contributed by atoms with E-state index in [2.05, 4.69) is 4.98 Å². The highest BCUT2D eigenvalue weighted by molar-refractivity contribution is 6.31. The second-order valence-corrected chi connectivity index (χ2v) is 5.55. The Balaban J connectivity index is 2.13. The van der Waals surface area contributed by atoms with E-state index in [0.29, 0.717) is 22.0 Å². The first kappa shape index (κ1) is 13.2. The van der Waals surface area contributed by atoms with Crippen LogP contribution in [0.4, 0.5) is 5.69 Å². The van der Waals surface area contributed by atoms with Crippen molar-refractivity contribution in [3.8, 4) is 0 Å². The van der Waals surface area contributed by atoms with Crippen molar-refractivity contribution in [3.63, 3.8) is 0 Å². The summed E-state index contributed by atoms with van der Waals surface area (Å²) >= 11 is 5.95. The van der Waals surface area contributed by atoms with E-state index < -0.39 is 10.6 Å². The second-order valence-electron chi connectivity index (χ2n) is 5.12. The summed E-state index contributed by atoms with van der Waals surface area (Å²) in [6, 6.07) is 10.2. The van der Waals surface area contributed by atoms with Gasteiger partial charge in [0.1, 0.15) is 11.6 Å². The number of pyridine rings is 1. The molecule has 2 atom stereocenters. The number of fused-ring (bicyclic) bond motifs is 1. The van der Waals surface area contributed by atoms with Gasteiger partial charge in [0.05, 0.1) is 24.8 Å². The van der Waals surface area contributed by atoms with E-state index >= 15 is 0 Å². The summed E-state index contributed by atoms with van der Waals surface area (Å²) in [6.45, 7) is 0.157. The van der Waals surface area contributed by atoms with E-state index in [1.54, 1.807) is 43.6 Å². The van der Waals surface area contributed by atoms with Crippen LogP contribution in [0.2, 0.25) is 5.02 Å². The molecule has 2 aromatic rings. The summed E-state index contributed by atoms with van der Waals surface area (Å²) < 4.78 is -0.598. The lowest BCUT2D eigenvalue weighted by atomic mass is 9.88. The molecule has 3 rings (SSSR count). The zero-order chi connectivity index (χ0) is 14.3. The predicted octanol–water partition coefficient (Wildman–Crippen LogP) is 3.15. The standard InChI is InChI=1S/C15H13ClN2O2/c1-18(20)9-12(13-4-2-3-7-17-13)15(19)11-8-10(16)5-6-14(11)18/h2-8,12H,9H2,1H3. The number of carbonyl (C=O) groups is 1. The van der Waals surface area contributed by atoms with Crippen LogP contribution in [-0.2, 0) is 0 Å². The van der Waals surface area contributed by atoms with Gasteiger partial charge in [0.25, 0.3) is 0 Å². The van der Waals surface area contributed by atoms with Gasteiger partial charge in [0.2, 0.25) is 0 Å². The first-order chi connectivity index (χ1) is 9.49. The maximum Gasteiger partial charge on any atom is 0.183 e. The molecule has 1 aliphatic heterocycles. The quantitative estimate of drug-likeness (QED) is 0.598. The lowest BCUT2D eigenvalue weighted by Gasteiger charge is -2.44. The number of quaternary nitrogens is 1. The minimum atomic E-state index is -0.598. The number of ketones is 1. The van der Waals surface area contributed by atoms with E-state index in [4.69, 9.17) is 11.6 Å². The molecule has 0 aliphatic carbocycles. The fourth-order valence-corrected chi connectivity index (χ4v) is 2.82. The summed E-state index contributed by atoms with van der Waals surface area (Å²) in [5, 5.41) is 13.2. The number of nitrogens with zero attached hydrogens (tertiary/aromatic N) is 2. The predicted molar refractivity (Wildman–Crippen MR) is 78.7 cm³/mol. The van der Waals surface area contributed by atoms with Gasteiger partial charge in [-0.1, -0.05) is 17.7 Å². The van der Waals surface area contributed by atoms with Crippen LogP contribution in [0.5, 0.6) is 0 Å². The third-order valence-corrected chi connectivity index (χ3v) is 3.86. The number of aromatic nitrogens is 1. The van der Waals surface area contributed by atoms with Crippen molar-refractivity contribution >= 4 is 23.1 Å². The molecule has 0 amide bonds. The SMILES string of the molecule is C[N+]1([O-])CC(c2ccccn2)C(=O)c2cc(Cl)ccc21. The Morgan fingerprint density at radius 1 is 1.35 bits per heavy atom. The molecule has 5 heteroatoms. The molecular weight excluding hydrogens is 276 g/mol. The van der Waals surface area contributed by atoms with Crippen LogP contribution in [0.3, 0.4) is 0 Å². The van der Waals surface area contributed by atoms with Crippen molar-refractivity contribution < 1.29 is 4.79 Å². The van der Waals surface area contributed by atoms with Crippen LogP contribution >= 0.6 is 11.6 Å². The lowest BCUT2D eigenvalue weighted by molar-refractivity contribution is 0.0930. The topological polar surface area (TPSA) is 53.0 Å². The van der Waals surface area contributed by atoms with Crippen LogP contribution in [0.25, 0.3) is 0 Å². The molecule has 0 radical (unpaired) electrons. The highest BCUT2D eigenvalue weighted by atomic mass is 35.5. The fourth-order valence-electron chi connectivity index (χ4n) is 2.65. The van der Waals surface area contributed by atoms with Crippen LogP contribution in [0.1, 0.15) is 22.0 Å². The van der Waals surface area contributed by atoms with Crippen molar-refractivity contribution in [2.24, 2.45) is 0 Å². The number of hydroxylamine groups is 2. The molecule has 1 aromatic carbocycles. The molecule has 4 nitrogen and oxygen atoms in total. The van der Waals surface area contributed by atoms with Crippen LogP contribution < -0.4 is 4.65 Å². The number of Topliss-reactive ketones (excluding diaryl/α,β-unsaturated/α-hetero) is 1. The van der Waals surface area contributed by atoms with E-state index in [0.717, 1.165) is 0 Å². The van der Waals surface area contributed by atoms with Crippen LogP contribution in [-0.4, -0.2) is 24.4 Å². The smallest absolute Gasteiger partial charge is 0.183 e. The minimum Gasteiger partial charge on any atom is -0.627 e. The van der Waals surface area contributed by atoms with Gasteiger partial charge in [0.15, 0.2) is 5.78 Å². The highest BCUT2D eigenvalue weighted by Crippen LogP contribution is 2.38. The number of halogens is 1. The second kappa shape index (κ2) is 4.66. The summed E-state index contributed by atoms with van der Waals surface area (Å²) in [5.41, 5.74) is 1.49. The van der Waals surface area contributed by atoms with Gasteiger partial charge in [-0.15, -0.1) is 0 Å². The molecule has 20 heavy (non-hydrogen) atoms. The summed E-state index contributed by atoms with van der Waals surface area (Å²) in [7, 11) is 1.55. The number of likely N-dealkylation sites (N-methyl/N-ethyl adjacent to an activating group) is 1. The molecule has 2 heterocycles. The van der Waals surface area contributed by atoms with Crippen molar-refractivity contribution in [3.05, 3.63) is 64.1 Å². The largest absolute Gasteiger partial charge is 0.627 e. The Morgan fingerprint density at radius 3 is 2.85 bits per heavy atom. The molecule has 0 saturated carbocycles. The van der Waals surface area contributed by atoms with Gasteiger partial charge in [0, 0.05) is 17.3 Å². The average Bonchev–Trinajstić information content (AvgIpc) is 2.43. The number of benzene rings is 1. The molecule has 0 spiro atoms. The summed E-state index contributed by atoms with van der Waals surface area (Å²) in [6.07, 6.45) is 1.63. The maximum absolute atomic E-state index is 12.7. The Morgan fingerprint density at radius 2 is 2.15 bits per heavy atom. The third-order valence-electron chi connectivity index (χ3n) is 3.63. The Labute approximate surface area is 121 Å². The summed E-state index contributed by atoms with van der Waals surface area (Å²) in [4.78, 5) is 16.8. The van der Waals surface area contributed by atoms with Gasteiger partial charge in [-0.25, -0.2) is 0 Å². The normalized spacial score (nSPS) is 25.4. The van der Waals surface area contributed by atoms with Gasteiger partial charge in [-0.2, -0.15) is 0 Å². The molecule has 0 saturated heterocycles. The summed E-state index contributed by atoms with van der Waals surface area (Å²) in [5.74, 6) is -0.614. The molecule has 1 aliphatic rings. The molecule has 1 aromatic heterocycles. The van der Waals surface area contributed by atoms with Crippen LogP contribution in [0.15, 0.2) is 42.6 Å². The van der Waals surface area contributed by atoms with Gasteiger partial charge in [-0.05, 0) is 24.3 Å². The Kier molecular flexibility index (Phi) is 3.09. The van der Waals surface area contributed by atoms with Crippen molar-refractivity contribution in [1.82, 2.24) is 9.63 Å². The van der Waals surface area contributed by atoms with E-state index in [-0.39, 0.29) is 12.3 Å². The number of carbonyl (C=O) groups excluding carboxylic acids is 1.